The molecule has 16 heteroatoms. The molecule has 0 bridgehead atoms. The van der Waals surface area contributed by atoms with E-state index in [2.05, 4.69) is 10.6 Å². The highest BCUT2D eigenvalue weighted by Gasteiger charge is 2.59. The molecule has 0 unspecified atom stereocenters. The standard InChI is InChI=1S/C28H28FN5O10/c1-33(2)16-9-15(32-27(41)31-12-3-4-14(29)17(8-12)34(43)44)22(36)20-13(16)6-10-5-11-7-18(35)21(26(30)40)25(39)28(11,42)24(38)19(10)23(20)37/h3-4,8-11,36-37,39,42-44H,5-7H2,1-2H3,(H2,30,40)(H2,31,32,41)/p-1/t10-,11+,28+/m1/s1. The number of aliphatic hydroxyl groups excluding tert-OH is 1. The number of aliphatic hydroxyl groups is 2. The number of benzene rings is 2. The summed E-state index contributed by atoms with van der Waals surface area (Å²) in [6.07, 6.45) is -0.538. The van der Waals surface area contributed by atoms with Crippen LogP contribution >= 0.6 is 0 Å². The molecule has 0 radical (unpaired) electrons. The number of carbonyl (C=O) groups is 4. The van der Waals surface area contributed by atoms with E-state index in [4.69, 9.17) is 16.1 Å². The summed E-state index contributed by atoms with van der Waals surface area (Å²) in [5, 5.41) is 69.7. The van der Waals surface area contributed by atoms with Crippen molar-refractivity contribution >= 4 is 52.0 Å². The fourth-order valence-corrected chi connectivity index (χ4v) is 6.17. The van der Waals surface area contributed by atoms with Gasteiger partial charge in [-0.2, -0.15) is 0 Å². The molecule has 3 atom stereocenters. The molecule has 0 saturated heterocycles. The van der Waals surface area contributed by atoms with Crippen LogP contribution in [0.3, 0.4) is 0 Å². The van der Waals surface area contributed by atoms with Crippen LogP contribution in [0.2, 0.25) is 0 Å². The average Bonchev–Trinajstić information content (AvgIpc) is 2.92. The number of ketones is 2. The summed E-state index contributed by atoms with van der Waals surface area (Å²) in [6.45, 7) is 0. The van der Waals surface area contributed by atoms with E-state index in [1.807, 2.05) is 0 Å². The van der Waals surface area contributed by atoms with Gasteiger partial charge in [0, 0.05) is 43.4 Å². The fraction of sp³-hybridized carbons (Fsp3) is 0.286. The molecule has 15 nitrogen and oxygen atoms in total. The van der Waals surface area contributed by atoms with E-state index in [1.54, 1.807) is 19.0 Å². The highest BCUT2D eigenvalue weighted by Crippen LogP contribution is 2.53. The number of phenols is 1. The number of primary amides is 1. The van der Waals surface area contributed by atoms with Crippen molar-refractivity contribution in [1.82, 2.24) is 0 Å². The second kappa shape index (κ2) is 10.5. The van der Waals surface area contributed by atoms with Gasteiger partial charge in [0.2, 0.25) is 0 Å². The van der Waals surface area contributed by atoms with Crippen LogP contribution in [0.15, 0.2) is 41.2 Å². The number of anilines is 4. The molecule has 9 N–H and O–H groups in total. The molecule has 232 valence electrons. The van der Waals surface area contributed by atoms with Gasteiger partial charge in [-0.3, -0.25) is 24.8 Å². The third-order valence-corrected chi connectivity index (χ3v) is 8.17. The fourth-order valence-electron chi connectivity index (χ4n) is 6.17. The van der Waals surface area contributed by atoms with Crippen molar-refractivity contribution in [2.24, 2.45) is 17.6 Å². The van der Waals surface area contributed by atoms with Gasteiger partial charge < -0.3 is 41.7 Å². The number of phenolic OH excluding ortho intramolecular Hbond substituents is 1. The number of nitrogens with one attached hydrogen (secondary N) is 2. The van der Waals surface area contributed by atoms with Crippen LogP contribution in [0, 0.1) is 17.7 Å². The van der Waals surface area contributed by atoms with Crippen LogP contribution in [-0.4, -0.2) is 68.9 Å². The van der Waals surface area contributed by atoms with E-state index in [0.29, 0.717) is 11.3 Å². The number of hydrogen-bond donors (Lipinski definition) is 8. The first-order chi connectivity index (χ1) is 20.6. The van der Waals surface area contributed by atoms with Crippen LogP contribution in [0.4, 0.5) is 31.9 Å². The zero-order valence-corrected chi connectivity index (χ0v) is 23.2. The van der Waals surface area contributed by atoms with E-state index < -0.39 is 92.5 Å². The van der Waals surface area contributed by atoms with Crippen molar-refractivity contribution in [3.63, 3.8) is 0 Å². The molecule has 0 aromatic heterocycles. The van der Waals surface area contributed by atoms with Gasteiger partial charge in [-0.15, -0.1) is 5.23 Å². The number of nitrogens with two attached hydrogens (primary N) is 1. The molecule has 5 rings (SSSR count). The number of hydrogen-bond acceptors (Lipinski definition) is 12. The molecule has 3 aliphatic rings. The van der Waals surface area contributed by atoms with Crippen molar-refractivity contribution in [3.05, 3.63) is 58.1 Å². The van der Waals surface area contributed by atoms with Gasteiger partial charge in [-0.05, 0) is 54.2 Å². The number of fused-ring (bicyclic) bond motifs is 3. The SMILES string of the molecule is CN(C)c1cc(NC(=O)Nc2ccc(F)c(N(O)O)c2)c(O)c2c1C[C@H]1C[C@H]3CC(=O)C(C(N)=O)=C(O)[C@@]3(O)C(=O)C1=C2[O-]. The van der Waals surface area contributed by atoms with Crippen molar-refractivity contribution in [1.29, 1.82) is 0 Å². The highest BCUT2D eigenvalue weighted by molar-refractivity contribution is 6.22. The van der Waals surface area contributed by atoms with Crippen LogP contribution in [-0.2, 0) is 20.8 Å². The second-order valence-electron chi connectivity index (χ2n) is 11.0. The summed E-state index contributed by atoms with van der Waals surface area (Å²) < 4.78 is 13.8. The zero-order chi connectivity index (χ0) is 32.4. The minimum atomic E-state index is -2.76. The molecule has 3 aliphatic carbocycles. The van der Waals surface area contributed by atoms with E-state index in [-0.39, 0.29) is 29.8 Å². The summed E-state index contributed by atoms with van der Waals surface area (Å²) >= 11 is 0. The minimum absolute atomic E-state index is 0.0147. The predicted molar refractivity (Wildman–Crippen MR) is 148 cm³/mol. The largest absolute Gasteiger partial charge is 0.872 e. The van der Waals surface area contributed by atoms with Gasteiger partial charge in [0.1, 0.15) is 22.8 Å². The third-order valence-electron chi connectivity index (χ3n) is 8.17. The number of aromatic hydroxyl groups is 1. The minimum Gasteiger partial charge on any atom is -0.872 e. The van der Waals surface area contributed by atoms with Crippen LogP contribution in [0.1, 0.15) is 24.0 Å². The molecule has 3 amide bonds. The Morgan fingerprint density at radius 1 is 1.09 bits per heavy atom. The Labute approximate surface area is 247 Å². The van der Waals surface area contributed by atoms with Gasteiger partial charge in [0.15, 0.2) is 23.0 Å². The van der Waals surface area contributed by atoms with Gasteiger partial charge in [-0.25, -0.2) is 9.18 Å². The van der Waals surface area contributed by atoms with E-state index in [1.165, 1.54) is 6.07 Å². The van der Waals surface area contributed by atoms with Gasteiger partial charge in [0.05, 0.1) is 5.69 Å². The first kappa shape index (κ1) is 30.3. The van der Waals surface area contributed by atoms with Crippen molar-refractivity contribution in [2.75, 3.05) is 34.9 Å². The summed E-state index contributed by atoms with van der Waals surface area (Å²) in [5.74, 6) is -9.30. The lowest BCUT2D eigenvalue weighted by atomic mass is 9.59. The average molecular weight is 613 g/mol. The van der Waals surface area contributed by atoms with Gasteiger partial charge in [0.25, 0.3) is 5.91 Å². The molecule has 0 aliphatic heterocycles. The molecule has 1 saturated carbocycles. The maximum Gasteiger partial charge on any atom is 0.323 e. The molecular formula is C28H27FN5O10-. The first-order valence-corrected chi connectivity index (χ1v) is 13.1. The van der Waals surface area contributed by atoms with Crippen LogP contribution < -0.4 is 31.6 Å². The summed E-state index contributed by atoms with van der Waals surface area (Å²) in [4.78, 5) is 52.5. The monoisotopic (exact) mass is 612 g/mol. The molecule has 2 aromatic carbocycles. The summed E-state index contributed by atoms with van der Waals surface area (Å²) in [6, 6.07) is 3.29. The normalized spacial score (nSPS) is 22.6. The first-order valence-electron chi connectivity index (χ1n) is 13.1. The van der Waals surface area contributed by atoms with Crippen LogP contribution in [0.5, 0.6) is 5.75 Å². The number of carbonyl (C=O) groups excluding carboxylic acids is 4. The van der Waals surface area contributed by atoms with Crippen molar-refractivity contribution in [2.45, 2.75) is 24.9 Å². The smallest absolute Gasteiger partial charge is 0.323 e. The van der Waals surface area contributed by atoms with Crippen molar-refractivity contribution in [3.8, 4) is 5.75 Å². The lowest BCUT2D eigenvalue weighted by Crippen LogP contribution is -2.58. The van der Waals surface area contributed by atoms with E-state index >= 15 is 0 Å². The Morgan fingerprint density at radius 2 is 1.77 bits per heavy atom. The van der Waals surface area contributed by atoms with E-state index in [0.717, 1.165) is 18.2 Å². The van der Waals surface area contributed by atoms with Crippen molar-refractivity contribution < 1.29 is 54.4 Å². The quantitative estimate of drug-likeness (QED) is 0.132. The maximum absolute atomic E-state index is 13.9. The van der Waals surface area contributed by atoms with E-state index in [9.17, 15) is 44.0 Å². The third kappa shape index (κ3) is 4.55. The Hall–Kier alpha value is -5.19. The maximum atomic E-state index is 13.9. The lowest BCUT2D eigenvalue weighted by molar-refractivity contribution is -0.246. The topological polar surface area (TPSA) is 249 Å². The molecular weight excluding hydrogens is 585 g/mol. The second-order valence-corrected chi connectivity index (χ2v) is 11.0. The Balaban J connectivity index is 1.57. The zero-order valence-electron chi connectivity index (χ0n) is 23.2. The molecule has 2 aromatic rings. The number of amides is 3. The number of halogens is 1. The Kier molecular flexibility index (Phi) is 7.23. The highest BCUT2D eigenvalue weighted by atomic mass is 19.1. The number of nitrogens with zero attached hydrogens (tertiary/aromatic N) is 2. The Morgan fingerprint density at radius 3 is 2.39 bits per heavy atom. The number of urea groups is 1. The summed E-state index contributed by atoms with van der Waals surface area (Å²) in [7, 11) is 3.27. The lowest BCUT2D eigenvalue weighted by Gasteiger charge is -2.48. The molecule has 0 spiro atoms. The van der Waals surface area contributed by atoms with Gasteiger partial charge in [-0.1, -0.05) is 5.76 Å². The predicted octanol–water partition coefficient (Wildman–Crippen LogP) is 0.660. The molecule has 44 heavy (non-hydrogen) atoms. The number of rotatable bonds is 5. The van der Waals surface area contributed by atoms with Crippen LogP contribution in [0.25, 0.3) is 5.76 Å². The molecule has 0 heterocycles. The molecule has 1 fully saturated rings. The summed E-state index contributed by atoms with van der Waals surface area (Å²) in [5.41, 5.74) is 0.402. The van der Waals surface area contributed by atoms with Gasteiger partial charge >= 0.3 is 6.03 Å². The Bertz CT molecular complexity index is 1720. The number of Topliss-reactive ketones (excluding diaryl/α,β-unsaturated/α-hetero) is 2.